The van der Waals surface area contributed by atoms with Gasteiger partial charge in [0.15, 0.2) is 0 Å². The number of aliphatic hydroxyl groups is 2. The monoisotopic (exact) mass is 336 g/mol. The van der Waals surface area contributed by atoms with Gasteiger partial charge >= 0.3 is 0 Å². The molecule has 1 aromatic carbocycles. The van der Waals surface area contributed by atoms with Crippen LogP contribution >= 0.6 is 0 Å². The number of para-hydroxylation sites is 1. The van der Waals surface area contributed by atoms with Crippen LogP contribution in [0.2, 0.25) is 0 Å². The Bertz CT molecular complexity index is 574. The Morgan fingerprint density at radius 1 is 1.38 bits per heavy atom. The van der Waals surface area contributed by atoms with Crippen molar-refractivity contribution >= 4 is 11.8 Å². The highest BCUT2D eigenvalue weighted by Gasteiger charge is 2.31. The van der Waals surface area contributed by atoms with E-state index in [1.807, 2.05) is 24.3 Å². The van der Waals surface area contributed by atoms with Crippen LogP contribution in [-0.4, -0.2) is 59.8 Å². The van der Waals surface area contributed by atoms with E-state index >= 15 is 0 Å². The third-order valence-corrected chi connectivity index (χ3v) is 4.21. The predicted molar refractivity (Wildman–Crippen MR) is 87.2 cm³/mol. The van der Waals surface area contributed by atoms with Gasteiger partial charge in [-0.2, -0.15) is 0 Å². The molecule has 0 aromatic heterocycles. The van der Waals surface area contributed by atoms with Crippen molar-refractivity contribution in [1.29, 1.82) is 0 Å². The average molecular weight is 336 g/mol. The van der Waals surface area contributed by atoms with Crippen LogP contribution in [0, 0.1) is 5.92 Å². The molecule has 1 aliphatic rings. The van der Waals surface area contributed by atoms with Crippen LogP contribution in [0.4, 0.5) is 0 Å². The maximum atomic E-state index is 12.3. The van der Waals surface area contributed by atoms with Gasteiger partial charge in [0.2, 0.25) is 11.8 Å². The van der Waals surface area contributed by atoms with Gasteiger partial charge in [-0.25, -0.2) is 0 Å². The van der Waals surface area contributed by atoms with E-state index in [9.17, 15) is 9.59 Å². The second kappa shape index (κ2) is 8.65. The third-order valence-electron chi connectivity index (χ3n) is 4.21. The Kier molecular flexibility index (Phi) is 6.57. The number of methoxy groups -OCH3 is 1. The summed E-state index contributed by atoms with van der Waals surface area (Å²) in [5, 5.41) is 20.7. The molecule has 1 atom stereocenters. The molecule has 3 N–H and O–H groups in total. The highest BCUT2D eigenvalue weighted by molar-refractivity contribution is 5.84. The van der Waals surface area contributed by atoms with Crippen molar-refractivity contribution in [3.63, 3.8) is 0 Å². The summed E-state index contributed by atoms with van der Waals surface area (Å²) in [5.74, 6) is 0.113. The molecule has 2 amide bonds. The summed E-state index contributed by atoms with van der Waals surface area (Å²) in [6.45, 7) is 0.0555. The molecule has 1 fully saturated rings. The second-order valence-corrected chi connectivity index (χ2v) is 5.89. The Hall–Kier alpha value is -2.12. The van der Waals surface area contributed by atoms with Crippen LogP contribution < -0.4 is 10.1 Å². The van der Waals surface area contributed by atoms with Gasteiger partial charge in [0.05, 0.1) is 32.3 Å². The van der Waals surface area contributed by atoms with Crippen molar-refractivity contribution in [2.45, 2.75) is 25.4 Å². The lowest BCUT2D eigenvalue weighted by atomic mass is 9.95. The molecule has 1 heterocycles. The summed E-state index contributed by atoms with van der Waals surface area (Å²) in [5.41, 5.74) is 0.887. The minimum Gasteiger partial charge on any atom is -0.496 e. The lowest BCUT2D eigenvalue weighted by molar-refractivity contribution is -0.139. The first-order chi connectivity index (χ1) is 11.6. The maximum absolute atomic E-state index is 12.3. The maximum Gasteiger partial charge on any atom is 0.225 e. The number of ether oxygens (including phenoxy) is 1. The molecule has 1 aliphatic heterocycles. The predicted octanol–water partition coefficient (Wildman–Crippen LogP) is -0.0968. The molecule has 1 saturated heterocycles. The van der Waals surface area contributed by atoms with Gasteiger partial charge in [-0.15, -0.1) is 0 Å². The standard InChI is InChI=1S/C17H24N2O5/c1-24-15-5-3-2-4-12(15)8-19-9-13(6-7-16(19)22)17(23)18-14(10-20)11-21/h2-5,13-14,20-21H,6-11H2,1H3,(H,18,23)/t13-/m1/s1. The second-order valence-electron chi connectivity index (χ2n) is 5.89. The van der Waals surface area contributed by atoms with Crippen LogP contribution in [0.25, 0.3) is 0 Å². The van der Waals surface area contributed by atoms with Gasteiger partial charge in [0, 0.05) is 25.1 Å². The minimum atomic E-state index is -0.669. The molecule has 7 heteroatoms. The fraction of sp³-hybridized carbons (Fsp3) is 0.529. The number of benzene rings is 1. The van der Waals surface area contributed by atoms with Crippen molar-refractivity contribution in [1.82, 2.24) is 10.2 Å². The molecule has 0 aliphatic carbocycles. The zero-order valence-corrected chi connectivity index (χ0v) is 13.8. The molecule has 7 nitrogen and oxygen atoms in total. The number of rotatable bonds is 7. The van der Waals surface area contributed by atoms with Crippen molar-refractivity contribution < 1.29 is 24.5 Å². The summed E-state index contributed by atoms with van der Waals surface area (Å²) in [6, 6.07) is 6.80. The van der Waals surface area contributed by atoms with Crippen LogP contribution in [0.1, 0.15) is 18.4 Å². The van der Waals surface area contributed by atoms with Crippen molar-refractivity contribution in [2.75, 3.05) is 26.9 Å². The lowest BCUT2D eigenvalue weighted by Crippen LogP contribution is -2.49. The van der Waals surface area contributed by atoms with Gasteiger partial charge in [-0.1, -0.05) is 18.2 Å². The van der Waals surface area contributed by atoms with Crippen molar-refractivity contribution in [2.24, 2.45) is 5.92 Å². The highest BCUT2D eigenvalue weighted by Crippen LogP contribution is 2.24. The fourth-order valence-electron chi connectivity index (χ4n) is 2.79. The number of nitrogens with zero attached hydrogens (tertiary/aromatic N) is 1. The van der Waals surface area contributed by atoms with E-state index in [1.54, 1.807) is 12.0 Å². The topological polar surface area (TPSA) is 99.1 Å². The fourth-order valence-corrected chi connectivity index (χ4v) is 2.79. The number of hydrogen-bond donors (Lipinski definition) is 3. The van der Waals surface area contributed by atoms with E-state index in [2.05, 4.69) is 5.32 Å². The summed E-state index contributed by atoms with van der Waals surface area (Å²) < 4.78 is 5.31. The molecule has 0 spiro atoms. The zero-order chi connectivity index (χ0) is 17.5. The van der Waals surface area contributed by atoms with E-state index in [0.29, 0.717) is 31.7 Å². The Balaban J connectivity index is 2.02. The first-order valence-corrected chi connectivity index (χ1v) is 8.00. The molecule has 0 saturated carbocycles. The van der Waals surface area contributed by atoms with Gasteiger partial charge in [-0.3, -0.25) is 9.59 Å². The number of nitrogens with one attached hydrogen (secondary N) is 1. The average Bonchev–Trinajstić information content (AvgIpc) is 2.61. The normalized spacial score (nSPS) is 17.9. The first kappa shape index (κ1) is 18.2. The minimum absolute atomic E-state index is 0.00539. The lowest BCUT2D eigenvalue weighted by Gasteiger charge is -2.33. The van der Waals surface area contributed by atoms with Gasteiger partial charge in [0.1, 0.15) is 5.75 Å². The molecule has 132 valence electrons. The van der Waals surface area contributed by atoms with Crippen molar-refractivity contribution in [3.8, 4) is 5.75 Å². The molecule has 0 radical (unpaired) electrons. The number of amides is 2. The highest BCUT2D eigenvalue weighted by atomic mass is 16.5. The summed E-state index contributed by atoms with van der Waals surface area (Å²) >= 11 is 0. The molecule has 1 aromatic rings. The van der Waals surface area contributed by atoms with Crippen LogP contribution in [-0.2, 0) is 16.1 Å². The summed E-state index contributed by atoms with van der Waals surface area (Å²) in [4.78, 5) is 26.1. The Morgan fingerprint density at radius 3 is 2.75 bits per heavy atom. The summed E-state index contributed by atoms with van der Waals surface area (Å²) in [6.07, 6.45) is 0.771. The molecule has 24 heavy (non-hydrogen) atoms. The van der Waals surface area contributed by atoms with Gasteiger partial charge < -0.3 is 25.2 Å². The van der Waals surface area contributed by atoms with Gasteiger partial charge in [-0.05, 0) is 12.5 Å². The first-order valence-electron chi connectivity index (χ1n) is 8.00. The van der Waals surface area contributed by atoms with Crippen molar-refractivity contribution in [3.05, 3.63) is 29.8 Å². The number of aliphatic hydroxyl groups excluding tert-OH is 2. The number of carbonyl (C=O) groups excluding carboxylic acids is 2. The van der Waals surface area contributed by atoms with Crippen LogP contribution in [0.3, 0.4) is 0 Å². The molecular formula is C17H24N2O5. The quantitative estimate of drug-likeness (QED) is 0.646. The van der Waals surface area contributed by atoms with E-state index in [0.717, 1.165) is 5.56 Å². The summed E-state index contributed by atoms with van der Waals surface area (Å²) in [7, 11) is 1.58. The SMILES string of the molecule is COc1ccccc1CN1C[C@H](C(=O)NC(CO)CO)CCC1=O. The number of carbonyl (C=O) groups is 2. The molecule has 0 bridgehead atoms. The van der Waals surface area contributed by atoms with E-state index < -0.39 is 6.04 Å². The van der Waals surface area contributed by atoms with E-state index in [1.165, 1.54) is 0 Å². The number of piperidine rings is 1. The smallest absolute Gasteiger partial charge is 0.225 e. The van der Waals surface area contributed by atoms with Crippen LogP contribution in [0.5, 0.6) is 5.75 Å². The molecule has 0 unspecified atom stereocenters. The molecular weight excluding hydrogens is 312 g/mol. The number of likely N-dealkylation sites (tertiary alicyclic amines) is 1. The van der Waals surface area contributed by atoms with Crippen LogP contribution in [0.15, 0.2) is 24.3 Å². The zero-order valence-electron chi connectivity index (χ0n) is 13.8. The van der Waals surface area contributed by atoms with E-state index in [4.69, 9.17) is 14.9 Å². The largest absolute Gasteiger partial charge is 0.496 e. The van der Waals surface area contributed by atoms with Gasteiger partial charge in [0.25, 0.3) is 0 Å². The Morgan fingerprint density at radius 2 is 2.08 bits per heavy atom. The molecule has 2 rings (SSSR count). The third kappa shape index (κ3) is 4.46. The Labute approximate surface area is 141 Å². The van der Waals surface area contributed by atoms with E-state index in [-0.39, 0.29) is 30.9 Å². The number of hydrogen-bond acceptors (Lipinski definition) is 5.